The second-order valence-corrected chi connectivity index (χ2v) is 7.97. The van der Waals surface area contributed by atoms with Crippen molar-refractivity contribution in [2.45, 2.75) is 70.1 Å². The normalized spacial score (nSPS) is 23.5. The molecule has 2 aromatic rings. The van der Waals surface area contributed by atoms with E-state index >= 15 is 0 Å². The summed E-state index contributed by atoms with van der Waals surface area (Å²) in [6.07, 6.45) is 9.45. The fraction of sp³-hybridized carbons (Fsp3) is 0.650. The van der Waals surface area contributed by atoms with Gasteiger partial charge in [0.15, 0.2) is 5.82 Å². The van der Waals surface area contributed by atoms with Crippen LogP contribution in [0.15, 0.2) is 18.3 Å². The predicted octanol–water partition coefficient (Wildman–Crippen LogP) is 3.47. The number of carbonyl (C=O) groups excluding carboxylic acids is 1. The van der Waals surface area contributed by atoms with Crippen LogP contribution >= 0.6 is 0 Å². The summed E-state index contributed by atoms with van der Waals surface area (Å²) in [7, 11) is 1.91. The van der Waals surface area contributed by atoms with Gasteiger partial charge in [-0.2, -0.15) is 10.2 Å². The first-order valence-electron chi connectivity index (χ1n) is 10.3. The highest BCUT2D eigenvalue weighted by molar-refractivity contribution is 5.88. The SMILES string of the molecule is Cc1cc(NC(=O)NC2CCOC(c3ccnn3C)C2)nn1C1CCCCC1. The zero-order valence-corrected chi connectivity index (χ0v) is 16.7. The number of ether oxygens (including phenoxy) is 1. The van der Waals surface area contributed by atoms with Gasteiger partial charge < -0.3 is 10.1 Å². The summed E-state index contributed by atoms with van der Waals surface area (Å²) in [5, 5.41) is 14.8. The van der Waals surface area contributed by atoms with Gasteiger partial charge in [-0.1, -0.05) is 19.3 Å². The van der Waals surface area contributed by atoms with Crippen molar-refractivity contribution < 1.29 is 9.53 Å². The Morgan fingerprint density at radius 2 is 2.07 bits per heavy atom. The van der Waals surface area contributed by atoms with E-state index in [-0.39, 0.29) is 18.2 Å². The number of amides is 2. The van der Waals surface area contributed by atoms with Crippen LogP contribution in [0.3, 0.4) is 0 Å². The third-order valence-corrected chi connectivity index (χ3v) is 5.89. The number of aromatic nitrogens is 4. The maximum atomic E-state index is 12.5. The minimum atomic E-state index is -0.205. The number of nitrogens with zero attached hydrogens (tertiary/aromatic N) is 4. The van der Waals surface area contributed by atoms with Gasteiger partial charge in [-0.05, 0) is 38.7 Å². The van der Waals surface area contributed by atoms with Crippen LogP contribution in [0, 0.1) is 6.92 Å². The fourth-order valence-corrected chi connectivity index (χ4v) is 4.42. The van der Waals surface area contributed by atoms with Crippen LogP contribution in [0.25, 0.3) is 0 Å². The molecule has 28 heavy (non-hydrogen) atoms. The molecule has 1 saturated heterocycles. The molecule has 0 radical (unpaired) electrons. The molecule has 2 aromatic heterocycles. The van der Waals surface area contributed by atoms with Crippen LogP contribution in [-0.2, 0) is 11.8 Å². The zero-order valence-electron chi connectivity index (χ0n) is 16.7. The Kier molecular flexibility index (Phi) is 5.66. The van der Waals surface area contributed by atoms with Crippen molar-refractivity contribution >= 4 is 11.8 Å². The minimum Gasteiger partial charge on any atom is -0.372 e. The van der Waals surface area contributed by atoms with Gasteiger partial charge in [0.25, 0.3) is 0 Å². The van der Waals surface area contributed by atoms with Gasteiger partial charge in [0, 0.05) is 37.7 Å². The molecule has 2 atom stereocenters. The van der Waals surface area contributed by atoms with Crippen LogP contribution < -0.4 is 10.6 Å². The maximum absolute atomic E-state index is 12.5. The molecule has 1 aliphatic heterocycles. The quantitative estimate of drug-likeness (QED) is 0.842. The Morgan fingerprint density at radius 1 is 1.25 bits per heavy atom. The van der Waals surface area contributed by atoms with Crippen LogP contribution in [0.5, 0.6) is 0 Å². The average Bonchev–Trinajstić information content (AvgIpc) is 3.28. The smallest absolute Gasteiger partial charge is 0.320 e. The molecular weight excluding hydrogens is 356 g/mol. The number of aryl methyl sites for hydroxylation is 2. The highest BCUT2D eigenvalue weighted by atomic mass is 16.5. The predicted molar refractivity (Wildman–Crippen MR) is 106 cm³/mol. The minimum absolute atomic E-state index is 0.0423. The molecule has 152 valence electrons. The summed E-state index contributed by atoms with van der Waals surface area (Å²) in [6.45, 7) is 2.68. The number of rotatable bonds is 4. The second kappa shape index (κ2) is 8.34. The zero-order chi connectivity index (χ0) is 19.5. The van der Waals surface area contributed by atoms with E-state index < -0.39 is 0 Å². The van der Waals surface area contributed by atoms with Crippen molar-refractivity contribution in [1.29, 1.82) is 0 Å². The lowest BCUT2D eigenvalue weighted by molar-refractivity contribution is -0.00204. The van der Waals surface area contributed by atoms with E-state index in [0.717, 1.165) is 24.2 Å². The second-order valence-electron chi connectivity index (χ2n) is 7.97. The van der Waals surface area contributed by atoms with Gasteiger partial charge >= 0.3 is 6.03 Å². The molecule has 0 aromatic carbocycles. The van der Waals surface area contributed by atoms with Crippen molar-refractivity contribution in [2.24, 2.45) is 7.05 Å². The Morgan fingerprint density at radius 3 is 2.82 bits per heavy atom. The molecule has 0 spiro atoms. The maximum Gasteiger partial charge on any atom is 0.320 e. The highest BCUT2D eigenvalue weighted by Crippen LogP contribution is 2.30. The molecule has 2 N–H and O–H groups in total. The van der Waals surface area contributed by atoms with Crippen molar-refractivity contribution in [3.05, 3.63) is 29.7 Å². The molecule has 8 nitrogen and oxygen atoms in total. The molecule has 2 amide bonds. The molecule has 2 unspecified atom stereocenters. The Balaban J connectivity index is 1.33. The van der Waals surface area contributed by atoms with Crippen LogP contribution in [0.4, 0.5) is 10.6 Å². The van der Waals surface area contributed by atoms with Crippen molar-refractivity contribution in [3.63, 3.8) is 0 Å². The Hall–Kier alpha value is -2.35. The van der Waals surface area contributed by atoms with E-state index in [2.05, 4.69) is 32.4 Å². The standard InChI is InChI=1S/C20H30N6O2/c1-14-12-19(24-26(14)16-6-4-3-5-7-16)23-20(27)22-15-9-11-28-18(13-15)17-8-10-21-25(17)2/h8,10,12,15-16,18H,3-7,9,11,13H2,1-2H3,(H2,22,23,24,27). The van der Waals surface area contributed by atoms with E-state index in [4.69, 9.17) is 4.74 Å². The molecule has 1 saturated carbocycles. The topological polar surface area (TPSA) is 86.0 Å². The van der Waals surface area contributed by atoms with Crippen molar-refractivity contribution in [2.75, 3.05) is 11.9 Å². The highest BCUT2D eigenvalue weighted by Gasteiger charge is 2.27. The number of hydrogen-bond acceptors (Lipinski definition) is 4. The van der Waals surface area contributed by atoms with E-state index in [9.17, 15) is 4.79 Å². The molecule has 3 heterocycles. The lowest BCUT2D eigenvalue weighted by Gasteiger charge is -2.30. The lowest BCUT2D eigenvalue weighted by Crippen LogP contribution is -2.42. The molecular formula is C20H30N6O2. The average molecular weight is 387 g/mol. The van der Waals surface area contributed by atoms with E-state index in [1.165, 1.54) is 32.1 Å². The third kappa shape index (κ3) is 4.22. The fourth-order valence-electron chi connectivity index (χ4n) is 4.42. The summed E-state index contributed by atoms with van der Waals surface area (Å²) in [4.78, 5) is 12.5. The monoisotopic (exact) mass is 386 g/mol. The third-order valence-electron chi connectivity index (χ3n) is 5.89. The van der Waals surface area contributed by atoms with Crippen LogP contribution in [-0.4, -0.2) is 38.2 Å². The van der Waals surface area contributed by atoms with E-state index in [1.54, 1.807) is 6.20 Å². The molecule has 2 fully saturated rings. The molecule has 4 rings (SSSR count). The lowest BCUT2D eigenvalue weighted by atomic mass is 9.95. The van der Waals surface area contributed by atoms with Crippen LogP contribution in [0.1, 0.15) is 68.5 Å². The Bertz CT molecular complexity index is 807. The number of carbonyl (C=O) groups is 1. The number of anilines is 1. The summed E-state index contributed by atoms with van der Waals surface area (Å²) in [5.74, 6) is 0.621. The first kappa shape index (κ1) is 19.0. The van der Waals surface area contributed by atoms with Gasteiger partial charge in [0.2, 0.25) is 0 Å². The number of hydrogen-bond donors (Lipinski definition) is 2. The number of nitrogens with one attached hydrogen (secondary N) is 2. The van der Waals surface area contributed by atoms with Crippen LogP contribution in [0.2, 0.25) is 0 Å². The summed E-state index contributed by atoms with van der Waals surface area (Å²) >= 11 is 0. The summed E-state index contributed by atoms with van der Waals surface area (Å²) in [6, 6.07) is 4.24. The van der Waals surface area contributed by atoms with Gasteiger partial charge in [0.05, 0.1) is 11.7 Å². The van der Waals surface area contributed by atoms with Gasteiger partial charge in [-0.25, -0.2) is 4.79 Å². The van der Waals surface area contributed by atoms with Crippen molar-refractivity contribution in [1.82, 2.24) is 24.9 Å². The largest absolute Gasteiger partial charge is 0.372 e. The first-order valence-corrected chi connectivity index (χ1v) is 10.3. The van der Waals surface area contributed by atoms with Crippen molar-refractivity contribution in [3.8, 4) is 0 Å². The number of urea groups is 1. The molecule has 2 aliphatic rings. The van der Waals surface area contributed by atoms with Gasteiger partial charge in [-0.3, -0.25) is 14.7 Å². The van der Waals surface area contributed by atoms with E-state index in [0.29, 0.717) is 18.5 Å². The summed E-state index contributed by atoms with van der Waals surface area (Å²) in [5.41, 5.74) is 2.14. The molecule has 0 bridgehead atoms. The first-order chi connectivity index (χ1) is 13.6. The summed E-state index contributed by atoms with van der Waals surface area (Å²) < 4.78 is 9.78. The van der Waals surface area contributed by atoms with Gasteiger partial charge in [0.1, 0.15) is 6.10 Å². The molecule has 1 aliphatic carbocycles. The molecule has 8 heteroatoms. The van der Waals surface area contributed by atoms with Gasteiger partial charge in [-0.15, -0.1) is 0 Å². The van der Waals surface area contributed by atoms with E-state index in [1.807, 2.05) is 23.9 Å². The Labute approximate surface area is 165 Å².